The molecule has 59 heavy (non-hydrogen) atoms. The molecule has 1 aromatic carbocycles. The maximum Gasteiger partial charge on any atom is 0.427 e. The van der Waals surface area contributed by atoms with E-state index >= 15 is 0 Å². The number of hydrogen-bond donors (Lipinski definition) is 3. The largest absolute Gasteiger partial charge is 0.485 e. The summed E-state index contributed by atoms with van der Waals surface area (Å²) in [4.78, 5) is 61.4. The van der Waals surface area contributed by atoms with Gasteiger partial charge in [0.1, 0.15) is 36.1 Å². The fraction of sp³-hybridized carbons (Fsp3) is 0.615. The zero-order valence-electron chi connectivity index (χ0n) is 32.9. The highest BCUT2D eigenvalue weighted by Gasteiger charge is 2.62. The minimum absolute atomic E-state index is 0.00829. The summed E-state index contributed by atoms with van der Waals surface area (Å²) in [7, 11) is -4.02. The number of rotatable bonds is 10. The van der Waals surface area contributed by atoms with Crippen LogP contribution in [0.25, 0.3) is 10.8 Å². The third-order valence-electron chi connectivity index (χ3n) is 11.3. The standard InChI is InChI=1S/C39H48F5N5O9S/c1-21-9-5-6-10-23-17-38(23,35(52)48-59(54,55)25-13-14-25)47-32(50)28-16-24(57-33-27-12-8-7-11-26(27)29(18-45-33)56-20-30(40)41)19-49(28)34(51)31(22(2)15-21)46-36(53)58-37(3,4)39(42,43)44/h6-8,10-12,18,21-25,28,30-31H,5,9,13-17,19-20H2,1-4H3,(H,46,53)(H,47,50)(H,48,52)/b10-6-/t21-,22+,23+,24+,28-,31-,38+/m0/s1. The van der Waals surface area contributed by atoms with Crippen LogP contribution in [0.3, 0.4) is 0 Å². The van der Waals surface area contributed by atoms with Crippen molar-refractivity contribution in [3.63, 3.8) is 0 Å². The zero-order chi connectivity index (χ0) is 43.1. The van der Waals surface area contributed by atoms with Gasteiger partial charge in [0.25, 0.3) is 12.3 Å². The Bertz CT molecular complexity index is 2080. The van der Waals surface area contributed by atoms with Gasteiger partial charge in [-0.25, -0.2) is 27.0 Å². The molecule has 3 N–H and O–H groups in total. The first kappa shape index (κ1) is 43.8. The van der Waals surface area contributed by atoms with Gasteiger partial charge in [0.15, 0.2) is 0 Å². The molecule has 2 saturated carbocycles. The van der Waals surface area contributed by atoms with Gasteiger partial charge < -0.3 is 29.7 Å². The Morgan fingerprint density at radius 2 is 1.76 bits per heavy atom. The number of carbonyl (C=O) groups excluding carboxylic acids is 4. The number of nitrogens with zero attached hydrogens (tertiary/aromatic N) is 2. The van der Waals surface area contributed by atoms with Crippen LogP contribution in [0.15, 0.2) is 42.6 Å². The van der Waals surface area contributed by atoms with E-state index in [2.05, 4.69) is 20.3 Å². The van der Waals surface area contributed by atoms with E-state index in [4.69, 9.17) is 14.2 Å². The predicted octanol–water partition coefficient (Wildman–Crippen LogP) is 5.16. The molecule has 3 fully saturated rings. The highest BCUT2D eigenvalue weighted by atomic mass is 32.2. The number of amides is 4. The van der Waals surface area contributed by atoms with E-state index in [1.54, 1.807) is 37.3 Å². The number of alkyl carbamates (subject to hydrolysis) is 1. The minimum Gasteiger partial charge on any atom is -0.485 e. The number of allylic oxidation sites excluding steroid dienone is 1. The number of nitrogens with one attached hydrogen (secondary N) is 3. The van der Waals surface area contributed by atoms with Gasteiger partial charge in [-0.05, 0) is 70.3 Å². The molecule has 14 nitrogen and oxygen atoms in total. The molecule has 6 rings (SSSR count). The van der Waals surface area contributed by atoms with Gasteiger partial charge in [0.05, 0.1) is 18.0 Å². The van der Waals surface area contributed by atoms with Gasteiger partial charge in [-0.2, -0.15) is 13.2 Å². The van der Waals surface area contributed by atoms with Gasteiger partial charge in [-0.3, -0.25) is 19.1 Å². The fourth-order valence-corrected chi connectivity index (χ4v) is 8.97. The molecule has 7 atom stereocenters. The molecule has 4 amide bonds. The lowest BCUT2D eigenvalue weighted by molar-refractivity contribution is -0.244. The van der Waals surface area contributed by atoms with Crippen molar-refractivity contribution in [1.29, 1.82) is 0 Å². The van der Waals surface area contributed by atoms with Crippen LogP contribution in [0.1, 0.15) is 72.6 Å². The maximum atomic E-state index is 14.7. The van der Waals surface area contributed by atoms with Crippen molar-refractivity contribution < 1.29 is 63.8 Å². The molecule has 0 bridgehead atoms. The number of fused-ring (bicyclic) bond motifs is 3. The van der Waals surface area contributed by atoms with Gasteiger partial charge in [0.2, 0.25) is 33.3 Å². The highest BCUT2D eigenvalue weighted by molar-refractivity contribution is 7.91. The van der Waals surface area contributed by atoms with Crippen LogP contribution in [-0.2, 0) is 29.1 Å². The summed E-state index contributed by atoms with van der Waals surface area (Å²) < 4.78 is 111. The average molecular weight is 858 g/mol. The lowest BCUT2D eigenvalue weighted by Gasteiger charge is -2.34. The zero-order valence-corrected chi connectivity index (χ0v) is 33.7. The first-order chi connectivity index (χ1) is 27.6. The molecule has 0 radical (unpaired) electrons. The highest BCUT2D eigenvalue weighted by Crippen LogP contribution is 2.46. The molecule has 0 unspecified atom stereocenters. The second-order valence-corrected chi connectivity index (χ2v) is 18.4. The molecule has 20 heteroatoms. The molecule has 2 aromatic rings. The normalized spacial score (nSPS) is 28.7. The Hall–Kier alpha value is -4.75. The van der Waals surface area contributed by atoms with Crippen LogP contribution >= 0.6 is 0 Å². The number of carbonyl (C=O) groups is 4. The number of sulfonamides is 1. The second kappa shape index (κ2) is 16.7. The van der Waals surface area contributed by atoms with E-state index in [0.29, 0.717) is 56.7 Å². The first-order valence-electron chi connectivity index (χ1n) is 19.5. The van der Waals surface area contributed by atoms with Crippen molar-refractivity contribution in [1.82, 2.24) is 25.2 Å². The molecular weight excluding hydrogens is 810 g/mol. The number of pyridine rings is 1. The number of hydrogen-bond acceptors (Lipinski definition) is 10. The van der Waals surface area contributed by atoms with Crippen LogP contribution in [-0.4, -0.2) is 102 Å². The fourth-order valence-electron chi connectivity index (χ4n) is 7.60. The Morgan fingerprint density at radius 1 is 1.07 bits per heavy atom. The molecule has 0 spiro atoms. The second-order valence-electron chi connectivity index (χ2n) is 16.4. The van der Waals surface area contributed by atoms with E-state index in [-0.39, 0.29) is 36.9 Å². The van der Waals surface area contributed by atoms with Crippen molar-refractivity contribution in [2.75, 3.05) is 13.2 Å². The molecule has 2 aliphatic heterocycles. The van der Waals surface area contributed by atoms with Crippen molar-refractivity contribution in [2.24, 2.45) is 17.8 Å². The van der Waals surface area contributed by atoms with Gasteiger partial charge in [0, 0.05) is 23.1 Å². The van der Waals surface area contributed by atoms with Crippen LogP contribution in [0, 0.1) is 17.8 Å². The van der Waals surface area contributed by atoms with E-state index in [1.807, 2.05) is 13.0 Å². The topological polar surface area (TPSA) is 182 Å². The van der Waals surface area contributed by atoms with Crippen molar-refractivity contribution >= 4 is 44.6 Å². The smallest absolute Gasteiger partial charge is 0.427 e. The maximum absolute atomic E-state index is 14.7. The number of ether oxygens (including phenoxy) is 3. The number of aromatic nitrogens is 1. The SMILES string of the molecule is C[C@H]1CC/C=C\[C@@H]2C[C@@]2(C(=O)NS(=O)(=O)C2CC2)NC(=O)[C@@H]2C[C@@H](Oc3ncc(OCC(F)F)c4ccccc34)CN2C(=O)[C@@H](NC(=O)OC(C)(C)C(F)(F)F)[C@H](C)C1. The Labute approximate surface area is 338 Å². The summed E-state index contributed by atoms with van der Waals surface area (Å²) in [6.07, 6.45) is -3.40. The Morgan fingerprint density at radius 3 is 2.42 bits per heavy atom. The number of alkyl halides is 5. The lowest BCUT2D eigenvalue weighted by atomic mass is 9.88. The Balaban J connectivity index is 1.35. The van der Waals surface area contributed by atoms with Crippen LogP contribution in [0.4, 0.5) is 26.7 Å². The average Bonchev–Trinajstić information content (AvgIpc) is 4.07. The summed E-state index contributed by atoms with van der Waals surface area (Å²) >= 11 is 0. The molecular formula is C39H48F5N5O9S. The lowest BCUT2D eigenvalue weighted by Crippen LogP contribution is -2.59. The Kier molecular flexibility index (Phi) is 12.4. The molecule has 2 aliphatic carbocycles. The summed E-state index contributed by atoms with van der Waals surface area (Å²) in [5, 5.41) is 5.08. The van der Waals surface area contributed by atoms with Crippen molar-refractivity contribution in [3.05, 3.63) is 42.6 Å². The number of benzene rings is 1. The molecule has 1 aromatic heterocycles. The molecule has 1 saturated heterocycles. The first-order valence-corrected chi connectivity index (χ1v) is 21.0. The third kappa shape index (κ3) is 9.84. The third-order valence-corrected chi connectivity index (χ3v) is 13.1. The van der Waals surface area contributed by atoms with Gasteiger partial charge in [-0.15, -0.1) is 0 Å². The summed E-state index contributed by atoms with van der Waals surface area (Å²) in [5.74, 6) is -3.91. The monoisotopic (exact) mass is 857 g/mol. The van der Waals surface area contributed by atoms with E-state index in [1.165, 1.54) is 6.20 Å². The van der Waals surface area contributed by atoms with Crippen molar-refractivity contribution in [2.45, 2.75) is 120 Å². The van der Waals surface area contributed by atoms with Crippen molar-refractivity contribution in [3.8, 4) is 11.6 Å². The van der Waals surface area contributed by atoms with Crippen LogP contribution < -0.4 is 24.8 Å². The minimum atomic E-state index is -4.95. The van der Waals surface area contributed by atoms with Gasteiger partial charge >= 0.3 is 12.3 Å². The molecule has 3 heterocycles. The quantitative estimate of drug-likeness (QED) is 0.213. The molecule has 324 valence electrons. The summed E-state index contributed by atoms with van der Waals surface area (Å²) in [5.41, 5.74) is -4.60. The van der Waals surface area contributed by atoms with E-state index in [9.17, 15) is 49.5 Å². The van der Waals surface area contributed by atoms with Crippen LogP contribution in [0.5, 0.6) is 11.6 Å². The van der Waals surface area contributed by atoms with Gasteiger partial charge in [-0.1, -0.05) is 44.2 Å². The summed E-state index contributed by atoms with van der Waals surface area (Å²) in [6.45, 7) is 3.67. The molecule has 4 aliphatic rings. The predicted molar refractivity (Wildman–Crippen MR) is 202 cm³/mol. The number of halogens is 5. The van der Waals surface area contributed by atoms with E-state index in [0.717, 1.165) is 4.90 Å². The summed E-state index contributed by atoms with van der Waals surface area (Å²) in [6, 6.07) is 3.61. The van der Waals surface area contributed by atoms with Crippen LogP contribution in [0.2, 0.25) is 0 Å². The van der Waals surface area contributed by atoms with E-state index < -0.39 is 99.5 Å².